The first kappa shape index (κ1) is 18.0. The van der Waals surface area contributed by atoms with Crippen molar-refractivity contribution in [1.29, 1.82) is 0 Å². The maximum atomic E-state index is 11.9. The smallest absolute Gasteiger partial charge is 0.251 e. The van der Waals surface area contributed by atoms with Gasteiger partial charge in [0.25, 0.3) is 5.91 Å². The zero-order chi connectivity index (χ0) is 15.7. The zero-order valence-electron chi connectivity index (χ0n) is 12.0. The Morgan fingerprint density at radius 3 is 2.67 bits per heavy atom. The van der Waals surface area contributed by atoms with Gasteiger partial charge in [0.1, 0.15) is 0 Å². The molecule has 0 fully saturated rings. The van der Waals surface area contributed by atoms with Crippen molar-refractivity contribution in [2.75, 3.05) is 39.2 Å². The Labute approximate surface area is 134 Å². The van der Waals surface area contributed by atoms with Crippen LogP contribution in [0.1, 0.15) is 23.2 Å². The second kappa shape index (κ2) is 9.84. The third-order valence-corrected chi connectivity index (χ3v) is 3.57. The molecule has 1 aromatic carbocycles. The molecule has 0 unspecified atom stereocenters. The second-order valence-electron chi connectivity index (χ2n) is 4.43. The van der Waals surface area contributed by atoms with Crippen LogP contribution in [0.15, 0.2) is 12.1 Å². The van der Waals surface area contributed by atoms with Crippen LogP contribution in [0.5, 0.6) is 0 Å². The summed E-state index contributed by atoms with van der Waals surface area (Å²) in [7, 11) is 1.63. The summed E-state index contributed by atoms with van der Waals surface area (Å²) >= 11 is 11.7. The summed E-state index contributed by atoms with van der Waals surface area (Å²) in [6.45, 7) is 2.40. The number of anilines is 1. The largest absolute Gasteiger partial charge is 0.397 e. The summed E-state index contributed by atoms with van der Waals surface area (Å²) in [4.78, 5) is 11.9. The average Bonchev–Trinajstić information content (AvgIpc) is 2.46. The molecule has 5 nitrogen and oxygen atoms in total. The molecule has 118 valence electrons. The number of methoxy groups -OCH3 is 1. The summed E-state index contributed by atoms with van der Waals surface area (Å²) in [5.41, 5.74) is 6.36. The van der Waals surface area contributed by atoms with E-state index in [9.17, 15) is 4.79 Å². The molecule has 0 atom stereocenters. The third-order valence-electron chi connectivity index (χ3n) is 2.75. The quantitative estimate of drug-likeness (QED) is 0.538. The highest BCUT2D eigenvalue weighted by atomic mass is 35.5. The van der Waals surface area contributed by atoms with Crippen LogP contribution in [0.2, 0.25) is 10.0 Å². The number of unbranched alkanes of at least 4 members (excludes halogenated alkanes) is 1. The second-order valence-corrected chi connectivity index (χ2v) is 5.21. The van der Waals surface area contributed by atoms with Crippen molar-refractivity contribution < 1.29 is 14.3 Å². The van der Waals surface area contributed by atoms with Gasteiger partial charge in [-0.3, -0.25) is 4.79 Å². The van der Waals surface area contributed by atoms with E-state index in [1.165, 1.54) is 12.1 Å². The normalized spacial score (nSPS) is 10.6. The topological polar surface area (TPSA) is 73.6 Å². The molecular formula is C14H20Cl2N2O3. The van der Waals surface area contributed by atoms with Crippen molar-refractivity contribution in [1.82, 2.24) is 5.32 Å². The lowest BCUT2D eigenvalue weighted by Crippen LogP contribution is -2.24. The first-order valence-corrected chi connectivity index (χ1v) is 7.41. The van der Waals surface area contributed by atoms with Gasteiger partial charge >= 0.3 is 0 Å². The van der Waals surface area contributed by atoms with Crippen LogP contribution in [0.25, 0.3) is 0 Å². The molecule has 0 aliphatic carbocycles. The lowest BCUT2D eigenvalue weighted by Gasteiger charge is -2.08. The standard InChI is InChI=1S/C14H20Cl2N2O3/c1-20-6-7-21-5-3-2-4-18-14(19)10-8-11(15)13(16)12(17)9-10/h8-9H,2-7,17H2,1H3,(H,18,19). The average molecular weight is 335 g/mol. The van der Waals surface area contributed by atoms with Gasteiger partial charge in [0.2, 0.25) is 0 Å². The van der Waals surface area contributed by atoms with Crippen LogP contribution in [0.3, 0.4) is 0 Å². The van der Waals surface area contributed by atoms with Gasteiger partial charge in [0.15, 0.2) is 0 Å². The van der Waals surface area contributed by atoms with E-state index in [1.807, 2.05) is 0 Å². The molecule has 0 radical (unpaired) electrons. The minimum Gasteiger partial charge on any atom is -0.397 e. The summed E-state index contributed by atoms with van der Waals surface area (Å²) in [5, 5.41) is 3.34. The fourth-order valence-electron chi connectivity index (χ4n) is 1.62. The third kappa shape index (κ3) is 6.52. The predicted octanol–water partition coefficient (Wildman–Crippen LogP) is 2.75. The van der Waals surface area contributed by atoms with E-state index < -0.39 is 0 Å². The van der Waals surface area contributed by atoms with Crippen molar-refractivity contribution in [2.45, 2.75) is 12.8 Å². The van der Waals surface area contributed by atoms with Crippen LogP contribution in [-0.2, 0) is 9.47 Å². The number of rotatable bonds is 9. The lowest BCUT2D eigenvalue weighted by atomic mass is 10.2. The molecule has 21 heavy (non-hydrogen) atoms. The molecule has 1 rings (SSSR count). The van der Waals surface area contributed by atoms with E-state index in [0.29, 0.717) is 37.6 Å². The number of benzene rings is 1. The number of hydrogen-bond donors (Lipinski definition) is 2. The molecule has 1 aromatic rings. The minimum absolute atomic E-state index is 0.222. The first-order valence-electron chi connectivity index (χ1n) is 6.65. The Kier molecular flexibility index (Phi) is 8.45. The fraction of sp³-hybridized carbons (Fsp3) is 0.500. The van der Waals surface area contributed by atoms with Gasteiger partial charge in [-0.2, -0.15) is 0 Å². The Balaban J connectivity index is 2.25. The van der Waals surface area contributed by atoms with Gasteiger partial charge in [0, 0.05) is 25.8 Å². The first-order chi connectivity index (χ1) is 10.1. The van der Waals surface area contributed by atoms with Crippen LogP contribution < -0.4 is 11.1 Å². The lowest BCUT2D eigenvalue weighted by molar-refractivity contribution is 0.0686. The molecule has 0 aliphatic heterocycles. The highest BCUT2D eigenvalue weighted by Gasteiger charge is 2.10. The van der Waals surface area contributed by atoms with E-state index in [2.05, 4.69) is 5.32 Å². The number of nitrogens with two attached hydrogens (primary N) is 1. The predicted molar refractivity (Wildman–Crippen MR) is 85.1 cm³/mol. The molecule has 1 amide bonds. The van der Waals surface area contributed by atoms with Gasteiger partial charge in [-0.25, -0.2) is 0 Å². The van der Waals surface area contributed by atoms with Gasteiger partial charge in [0.05, 0.1) is 28.9 Å². The highest BCUT2D eigenvalue weighted by Crippen LogP contribution is 2.29. The van der Waals surface area contributed by atoms with Crippen LogP contribution in [0.4, 0.5) is 5.69 Å². The Bertz CT molecular complexity index is 447. The summed E-state index contributed by atoms with van der Waals surface area (Å²) < 4.78 is 10.2. The van der Waals surface area contributed by atoms with Gasteiger partial charge in [-0.1, -0.05) is 23.2 Å². The van der Waals surface area contributed by atoms with Crippen LogP contribution in [0, 0.1) is 0 Å². The highest BCUT2D eigenvalue weighted by molar-refractivity contribution is 6.43. The van der Waals surface area contributed by atoms with Crippen molar-refractivity contribution in [2.24, 2.45) is 0 Å². The maximum absolute atomic E-state index is 11.9. The number of ether oxygens (including phenoxy) is 2. The zero-order valence-corrected chi connectivity index (χ0v) is 13.5. The minimum atomic E-state index is -0.222. The summed E-state index contributed by atoms with van der Waals surface area (Å²) in [5.74, 6) is -0.222. The monoisotopic (exact) mass is 334 g/mol. The van der Waals surface area contributed by atoms with E-state index >= 15 is 0 Å². The van der Waals surface area contributed by atoms with E-state index in [4.69, 9.17) is 38.4 Å². The van der Waals surface area contributed by atoms with E-state index in [0.717, 1.165) is 12.8 Å². The molecule has 7 heteroatoms. The Hall–Kier alpha value is -1.01. The molecular weight excluding hydrogens is 315 g/mol. The fourth-order valence-corrected chi connectivity index (χ4v) is 1.95. The molecule has 0 heterocycles. The molecule has 0 saturated heterocycles. The Morgan fingerprint density at radius 2 is 2.00 bits per heavy atom. The number of amides is 1. The van der Waals surface area contributed by atoms with Crippen molar-refractivity contribution in [3.63, 3.8) is 0 Å². The van der Waals surface area contributed by atoms with Crippen LogP contribution >= 0.6 is 23.2 Å². The van der Waals surface area contributed by atoms with E-state index in [-0.39, 0.29) is 16.0 Å². The van der Waals surface area contributed by atoms with E-state index in [1.54, 1.807) is 7.11 Å². The molecule has 3 N–H and O–H groups in total. The van der Waals surface area contributed by atoms with Crippen molar-refractivity contribution in [3.05, 3.63) is 27.7 Å². The number of nitrogen functional groups attached to an aromatic ring is 1. The number of carbonyl (C=O) groups excluding carboxylic acids is 1. The van der Waals surface area contributed by atoms with Gasteiger partial charge in [-0.05, 0) is 25.0 Å². The molecule has 0 saturated carbocycles. The number of halogens is 2. The number of hydrogen-bond acceptors (Lipinski definition) is 4. The molecule has 0 bridgehead atoms. The molecule has 0 spiro atoms. The Morgan fingerprint density at radius 1 is 1.24 bits per heavy atom. The van der Waals surface area contributed by atoms with Crippen molar-refractivity contribution >= 4 is 34.8 Å². The number of nitrogens with one attached hydrogen (secondary N) is 1. The summed E-state index contributed by atoms with van der Waals surface area (Å²) in [6.07, 6.45) is 1.70. The summed E-state index contributed by atoms with van der Waals surface area (Å²) in [6, 6.07) is 3.01. The molecule has 0 aromatic heterocycles. The van der Waals surface area contributed by atoms with Gasteiger partial charge < -0.3 is 20.5 Å². The number of carbonyl (C=O) groups is 1. The molecule has 0 aliphatic rings. The van der Waals surface area contributed by atoms with Gasteiger partial charge in [-0.15, -0.1) is 0 Å². The maximum Gasteiger partial charge on any atom is 0.251 e. The SMILES string of the molecule is COCCOCCCCNC(=O)c1cc(N)c(Cl)c(Cl)c1. The van der Waals surface area contributed by atoms with Crippen LogP contribution in [-0.4, -0.2) is 39.4 Å². The van der Waals surface area contributed by atoms with Crippen molar-refractivity contribution in [3.8, 4) is 0 Å².